The lowest BCUT2D eigenvalue weighted by molar-refractivity contribution is 0.837. The summed E-state index contributed by atoms with van der Waals surface area (Å²) in [7, 11) is 0. The van der Waals surface area contributed by atoms with Crippen molar-refractivity contribution in [2.24, 2.45) is 0 Å². The minimum Gasteiger partial charge on any atom is -0.370 e. The fourth-order valence-corrected chi connectivity index (χ4v) is 2.01. The third-order valence-electron chi connectivity index (χ3n) is 1.93. The summed E-state index contributed by atoms with van der Waals surface area (Å²) in [5, 5.41) is 4.32. The Kier molecular flexibility index (Phi) is 6.59. The van der Waals surface area contributed by atoms with Crippen molar-refractivity contribution in [3.05, 3.63) is 12.4 Å². The summed E-state index contributed by atoms with van der Waals surface area (Å²) in [5.41, 5.74) is 0. The number of hydrogen-bond donors (Lipinski definition) is 1. The molecule has 0 fully saturated rings. The highest BCUT2D eigenvalue weighted by molar-refractivity contribution is 7.98. The molecule has 0 aliphatic carbocycles. The van der Waals surface area contributed by atoms with Crippen LogP contribution in [0.5, 0.6) is 0 Å². The average Bonchev–Trinajstić information content (AvgIpc) is 2.29. The summed E-state index contributed by atoms with van der Waals surface area (Å²) >= 11 is 3.53. The largest absolute Gasteiger partial charge is 0.370 e. The van der Waals surface area contributed by atoms with E-state index in [1.165, 1.54) is 18.6 Å². The van der Waals surface area contributed by atoms with Gasteiger partial charge in [0.2, 0.25) is 0 Å². The third-order valence-corrected chi connectivity index (χ3v) is 3.27. The molecule has 0 aliphatic rings. The first-order chi connectivity index (χ1) is 7.36. The second-order valence-electron chi connectivity index (χ2n) is 3.07. The SMILES string of the molecule is CSCCCCNc1cc(SC)ncn1. The molecular formula is C10H17N3S2. The molecular weight excluding hydrogens is 226 g/mol. The predicted molar refractivity (Wildman–Crippen MR) is 69.9 cm³/mol. The highest BCUT2D eigenvalue weighted by atomic mass is 32.2. The Labute approximate surface area is 99.9 Å². The summed E-state index contributed by atoms with van der Waals surface area (Å²) in [4.78, 5) is 8.29. The molecule has 0 radical (unpaired) electrons. The van der Waals surface area contributed by atoms with Gasteiger partial charge in [-0.3, -0.25) is 0 Å². The first kappa shape index (κ1) is 12.6. The fraction of sp³-hybridized carbons (Fsp3) is 0.600. The monoisotopic (exact) mass is 243 g/mol. The molecule has 0 bridgehead atoms. The van der Waals surface area contributed by atoms with E-state index >= 15 is 0 Å². The number of aromatic nitrogens is 2. The van der Waals surface area contributed by atoms with Crippen LogP contribution in [0.1, 0.15) is 12.8 Å². The molecule has 0 saturated heterocycles. The summed E-state index contributed by atoms with van der Waals surface area (Å²) in [6, 6.07) is 1.99. The zero-order chi connectivity index (χ0) is 10.9. The summed E-state index contributed by atoms with van der Waals surface area (Å²) in [5.74, 6) is 2.17. The van der Waals surface area contributed by atoms with Gasteiger partial charge in [-0.05, 0) is 31.1 Å². The number of anilines is 1. The van der Waals surface area contributed by atoms with E-state index in [0.29, 0.717) is 0 Å². The van der Waals surface area contributed by atoms with Gasteiger partial charge in [0.05, 0.1) is 0 Å². The average molecular weight is 243 g/mol. The molecule has 1 rings (SSSR count). The zero-order valence-corrected chi connectivity index (χ0v) is 10.8. The summed E-state index contributed by atoms with van der Waals surface area (Å²) < 4.78 is 0. The van der Waals surface area contributed by atoms with Crippen LogP contribution in [0.2, 0.25) is 0 Å². The topological polar surface area (TPSA) is 37.8 Å². The van der Waals surface area contributed by atoms with E-state index in [0.717, 1.165) is 17.4 Å². The van der Waals surface area contributed by atoms with Gasteiger partial charge in [-0.15, -0.1) is 11.8 Å². The Morgan fingerprint density at radius 2 is 2.13 bits per heavy atom. The molecule has 84 valence electrons. The maximum Gasteiger partial charge on any atom is 0.130 e. The first-order valence-electron chi connectivity index (χ1n) is 4.95. The molecule has 0 atom stereocenters. The zero-order valence-electron chi connectivity index (χ0n) is 9.19. The lowest BCUT2D eigenvalue weighted by Crippen LogP contribution is -2.04. The highest BCUT2D eigenvalue weighted by Crippen LogP contribution is 2.13. The van der Waals surface area contributed by atoms with E-state index in [1.807, 2.05) is 24.1 Å². The number of unbranched alkanes of at least 4 members (excludes halogenated alkanes) is 1. The molecule has 0 spiro atoms. The van der Waals surface area contributed by atoms with Crippen molar-refractivity contribution < 1.29 is 0 Å². The van der Waals surface area contributed by atoms with Crippen molar-refractivity contribution >= 4 is 29.3 Å². The maximum atomic E-state index is 4.16. The van der Waals surface area contributed by atoms with Crippen molar-refractivity contribution in [3.8, 4) is 0 Å². The molecule has 0 saturated carbocycles. The fourth-order valence-electron chi connectivity index (χ4n) is 1.14. The summed E-state index contributed by atoms with van der Waals surface area (Å²) in [6.07, 6.45) is 8.22. The van der Waals surface area contributed by atoms with Crippen molar-refractivity contribution in [2.75, 3.05) is 30.1 Å². The van der Waals surface area contributed by atoms with Crippen molar-refractivity contribution in [2.45, 2.75) is 17.9 Å². The molecule has 5 heteroatoms. The Morgan fingerprint density at radius 3 is 2.87 bits per heavy atom. The molecule has 1 N–H and O–H groups in total. The van der Waals surface area contributed by atoms with E-state index in [2.05, 4.69) is 21.5 Å². The van der Waals surface area contributed by atoms with E-state index in [1.54, 1.807) is 18.1 Å². The summed E-state index contributed by atoms with van der Waals surface area (Å²) in [6.45, 7) is 0.991. The van der Waals surface area contributed by atoms with Crippen LogP contribution >= 0.6 is 23.5 Å². The predicted octanol–water partition coefficient (Wildman–Crippen LogP) is 2.75. The molecule has 0 aliphatic heterocycles. The number of nitrogens with one attached hydrogen (secondary N) is 1. The molecule has 15 heavy (non-hydrogen) atoms. The molecule has 0 aromatic carbocycles. The van der Waals surface area contributed by atoms with Gasteiger partial charge in [0, 0.05) is 12.6 Å². The van der Waals surface area contributed by atoms with Crippen LogP contribution < -0.4 is 5.32 Å². The van der Waals surface area contributed by atoms with Crippen LogP contribution in [-0.2, 0) is 0 Å². The van der Waals surface area contributed by atoms with Crippen LogP contribution in [0.4, 0.5) is 5.82 Å². The van der Waals surface area contributed by atoms with Gasteiger partial charge in [0.25, 0.3) is 0 Å². The standard InChI is InChI=1S/C10H17N3S2/c1-14-6-4-3-5-11-9-7-10(15-2)13-8-12-9/h7-8H,3-6H2,1-2H3,(H,11,12,13). The van der Waals surface area contributed by atoms with Crippen LogP contribution in [0.15, 0.2) is 17.4 Å². The van der Waals surface area contributed by atoms with Crippen molar-refractivity contribution in [1.29, 1.82) is 0 Å². The first-order valence-corrected chi connectivity index (χ1v) is 7.57. The quantitative estimate of drug-likeness (QED) is 0.453. The van der Waals surface area contributed by atoms with Gasteiger partial charge in [0.15, 0.2) is 0 Å². The minimum absolute atomic E-state index is 0.929. The second kappa shape index (κ2) is 7.82. The van der Waals surface area contributed by atoms with E-state index in [9.17, 15) is 0 Å². The number of thioether (sulfide) groups is 2. The van der Waals surface area contributed by atoms with Crippen molar-refractivity contribution in [1.82, 2.24) is 9.97 Å². The van der Waals surface area contributed by atoms with Crippen LogP contribution in [0.3, 0.4) is 0 Å². The van der Waals surface area contributed by atoms with Gasteiger partial charge in [-0.25, -0.2) is 9.97 Å². The number of rotatable bonds is 7. The van der Waals surface area contributed by atoms with Crippen LogP contribution in [-0.4, -0.2) is 34.8 Å². The third kappa shape index (κ3) is 5.28. The molecule has 1 aromatic rings. The molecule has 1 aromatic heterocycles. The number of nitrogens with zero attached hydrogens (tertiary/aromatic N) is 2. The van der Waals surface area contributed by atoms with Gasteiger partial charge < -0.3 is 5.32 Å². The lowest BCUT2D eigenvalue weighted by atomic mass is 10.3. The Hall–Kier alpha value is -0.420. The molecule has 0 amide bonds. The molecule has 3 nitrogen and oxygen atoms in total. The van der Waals surface area contributed by atoms with Crippen LogP contribution in [0, 0.1) is 0 Å². The second-order valence-corrected chi connectivity index (χ2v) is 4.88. The Bertz CT molecular complexity index is 281. The lowest BCUT2D eigenvalue weighted by Gasteiger charge is -2.05. The molecule has 1 heterocycles. The number of hydrogen-bond acceptors (Lipinski definition) is 5. The van der Waals surface area contributed by atoms with Gasteiger partial charge in [0.1, 0.15) is 17.2 Å². The normalized spacial score (nSPS) is 10.3. The Balaban J connectivity index is 2.24. The maximum absolute atomic E-state index is 4.16. The van der Waals surface area contributed by atoms with E-state index < -0.39 is 0 Å². The van der Waals surface area contributed by atoms with Gasteiger partial charge in [-0.2, -0.15) is 11.8 Å². The van der Waals surface area contributed by atoms with Gasteiger partial charge in [-0.1, -0.05) is 0 Å². The van der Waals surface area contributed by atoms with Crippen molar-refractivity contribution in [3.63, 3.8) is 0 Å². The van der Waals surface area contributed by atoms with Crippen LogP contribution in [0.25, 0.3) is 0 Å². The minimum atomic E-state index is 0.929. The van der Waals surface area contributed by atoms with E-state index in [4.69, 9.17) is 0 Å². The Morgan fingerprint density at radius 1 is 1.27 bits per heavy atom. The molecule has 0 unspecified atom stereocenters. The smallest absolute Gasteiger partial charge is 0.130 e. The highest BCUT2D eigenvalue weighted by Gasteiger charge is 1.96. The van der Waals surface area contributed by atoms with Gasteiger partial charge >= 0.3 is 0 Å². The van der Waals surface area contributed by atoms with E-state index in [-0.39, 0.29) is 0 Å².